The predicted molar refractivity (Wildman–Crippen MR) is 76.8 cm³/mol. The topological polar surface area (TPSA) is 68.8 Å². The van der Waals surface area contributed by atoms with Gasteiger partial charge in [-0.25, -0.2) is 0 Å². The van der Waals surface area contributed by atoms with E-state index in [2.05, 4.69) is 10.6 Å². The van der Waals surface area contributed by atoms with E-state index in [4.69, 9.17) is 14.2 Å². The number of benzene rings is 1. The fourth-order valence-corrected chi connectivity index (χ4v) is 2.38. The van der Waals surface area contributed by atoms with E-state index in [9.17, 15) is 4.79 Å². The van der Waals surface area contributed by atoms with Crippen LogP contribution in [0.25, 0.3) is 0 Å². The Bertz CT molecular complexity index is 571. The minimum absolute atomic E-state index is 0.0549. The van der Waals surface area contributed by atoms with Gasteiger partial charge in [0, 0.05) is 24.7 Å². The second-order valence-electron chi connectivity index (χ2n) is 4.84. The molecule has 0 aromatic heterocycles. The Morgan fingerprint density at radius 2 is 2.14 bits per heavy atom. The van der Waals surface area contributed by atoms with Gasteiger partial charge in [0.05, 0.1) is 7.11 Å². The number of nitrogens with one attached hydrogen (secondary N) is 2. The summed E-state index contributed by atoms with van der Waals surface area (Å²) in [5, 5.41) is 5.97. The summed E-state index contributed by atoms with van der Waals surface area (Å²) in [6.45, 7) is 2.17. The molecule has 0 saturated heterocycles. The quantitative estimate of drug-likeness (QED) is 0.795. The minimum atomic E-state index is -0.256. The molecule has 2 heterocycles. The van der Waals surface area contributed by atoms with Gasteiger partial charge in [-0.1, -0.05) is 12.2 Å². The number of hydrogen-bond donors (Lipinski definition) is 2. The maximum atomic E-state index is 12.0. The van der Waals surface area contributed by atoms with Gasteiger partial charge in [0.2, 0.25) is 5.91 Å². The van der Waals surface area contributed by atoms with Crippen molar-refractivity contribution in [3.05, 3.63) is 29.8 Å². The van der Waals surface area contributed by atoms with Crippen molar-refractivity contribution in [2.24, 2.45) is 0 Å². The molecule has 112 valence electrons. The molecule has 2 aliphatic rings. The zero-order valence-electron chi connectivity index (χ0n) is 11.8. The molecule has 0 spiro atoms. The Kier molecular flexibility index (Phi) is 3.96. The standard InChI is InChI=1S/C15H18N2O4/c1-19-12-8-14-13(20-5-6-21-14)7-10(12)9-17-15(18)11-3-2-4-16-11/h2-3,7-8,11,16H,4-6,9H2,1H3,(H,17,18). The number of methoxy groups -OCH3 is 1. The SMILES string of the molecule is COc1cc2c(cc1CNC(=O)C1C=CCN1)OCCO2. The Morgan fingerprint density at radius 3 is 2.81 bits per heavy atom. The third kappa shape index (κ3) is 2.95. The summed E-state index contributed by atoms with van der Waals surface area (Å²) in [4.78, 5) is 12.0. The van der Waals surface area contributed by atoms with Crippen LogP contribution in [0.2, 0.25) is 0 Å². The average Bonchev–Trinajstić information content (AvgIpc) is 3.06. The Morgan fingerprint density at radius 1 is 1.38 bits per heavy atom. The zero-order valence-corrected chi connectivity index (χ0v) is 11.8. The van der Waals surface area contributed by atoms with E-state index in [0.29, 0.717) is 37.0 Å². The molecule has 0 radical (unpaired) electrons. The maximum Gasteiger partial charge on any atom is 0.241 e. The van der Waals surface area contributed by atoms with Gasteiger partial charge in [0.1, 0.15) is 25.0 Å². The van der Waals surface area contributed by atoms with Crippen LogP contribution in [0.4, 0.5) is 0 Å². The zero-order chi connectivity index (χ0) is 14.7. The molecule has 0 aliphatic carbocycles. The van der Waals surface area contributed by atoms with Crippen molar-refractivity contribution in [3.63, 3.8) is 0 Å². The second-order valence-corrected chi connectivity index (χ2v) is 4.84. The fraction of sp³-hybridized carbons (Fsp3) is 0.400. The van der Waals surface area contributed by atoms with Gasteiger partial charge < -0.3 is 19.5 Å². The first kappa shape index (κ1) is 13.8. The molecule has 0 fully saturated rings. The first-order valence-corrected chi connectivity index (χ1v) is 6.92. The van der Waals surface area contributed by atoms with E-state index in [0.717, 1.165) is 12.1 Å². The molecule has 21 heavy (non-hydrogen) atoms. The minimum Gasteiger partial charge on any atom is -0.496 e. The van der Waals surface area contributed by atoms with Crippen LogP contribution in [0.5, 0.6) is 17.2 Å². The van der Waals surface area contributed by atoms with Gasteiger partial charge in [0.25, 0.3) is 0 Å². The number of ether oxygens (including phenoxy) is 3. The van der Waals surface area contributed by atoms with Crippen LogP contribution in [0.1, 0.15) is 5.56 Å². The number of carbonyl (C=O) groups excluding carboxylic acids is 1. The summed E-state index contributed by atoms with van der Waals surface area (Å²) in [6, 6.07) is 3.39. The molecule has 2 N–H and O–H groups in total. The van der Waals surface area contributed by atoms with Crippen LogP contribution < -0.4 is 24.8 Å². The molecule has 1 amide bonds. The van der Waals surface area contributed by atoms with Gasteiger partial charge in [0.15, 0.2) is 11.5 Å². The average molecular weight is 290 g/mol. The molecule has 1 unspecified atom stereocenters. The van der Waals surface area contributed by atoms with E-state index in [1.165, 1.54) is 0 Å². The molecule has 2 aliphatic heterocycles. The second kappa shape index (κ2) is 6.05. The van der Waals surface area contributed by atoms with Gasteiger partial charge in [-0.05, 0) is 6.07 Å². The molecular formula is C15H18N2O4. The van der Waals surface area contributed by atoms with E-state index >= 15 is 0 Å². The van der Waals surface area contributed by atoms with E-state index in [1.807, 2.05) is 18.2 Å². The van der Waals surface area contributed by atoms with Crippen molar-refractivity contribution < 1.29 is 19.0 Å². The molecule has 1 atom stereocenters. The normalized spacial score (nSPS) is 19.4. The van der Waals surface area contributed by atoms with E-state index < -0.39 is 0 Å². The lowest BCUT2D eigenvalue weighted by molar-refractivity contribution is -0.122. The van der Waals surface area contributed by atoms with Crippen molar-refractivity contribution in [1.82, 2.24) is 10.6 Å². The van der Waals surface area contributed by atoms with Crippen LogP contribution in [0.3, 0.4) is 0 Å². The smallest absolute Gasteiger partial charge is 0.241 e. The van der Waals surface area contributed by atoms with Gasteiger partial charge in [-0.3, -0.25) is 10.1 Å². The van der Waals surface area contributed by atoms with Crippen molar-refractivity contribution in [2.75, 3.05) is 26.9 Å². The van der Waals surface area contributed by atoms with E-state index in [1.54, 1.807) is 13.2 Å². The molecule has 0 saturated carbocycles. The van der Waals surface area contributed by atoms with Gasteiger partial charge >= 0.3 is 0 Å². The third-order valence-electron chi connectivity index (χ3n) is 3.46. The van der Waals surface area contributed by atoms with Crippen LogP contribution in [0, 0.1) is 0 Å². The Balaban J connectivity index is 1.71. The Hall–Kier alpha value is -2.21. The summed E-state index contributed by atoms with van der Waals surface area (Å²) in [5.41, 5.74) is 0.858. The summed E-state index contributed by atoms with van der Waals surface area (Å²) < 4.78 is 16.4. The summed E-state index contributed by atoms with van der Waals surface area (Å²) in [5.74, 6) is 1.98. The van der Waals surface area contributed by atoms with E-state index in [-0.39, 0.29) is 11.9 Å². The highest BCUT2D eigenvalue weighted by atomic mass is 16.6. The summed E-state index contributed by atoms with van der Waals surface area (Å²) in [7, 11) is 1.60. The Labute approximate surface area is 123 Å². The molecule has 0 bridgehead atoms. The molecule has 6 nitrogen and oxygen atoms in total. The number of rotatable bonds is 4. The van der Waals surface area contributed by atoms with Crippen LogP contribution >= 0.6 is 0 Å². The van der Waals surface area contributed by atoms with Gasteiger partial charge in [-0.2, -0.15) is 0 Å². The molecule has 3 rings (SSSR count). The fourth-order valence-electron chi connectivity index (χ4n) is 2.38. The third-order valence-corrected chi connectivity index (χ3v) is 3.46. The van der Waals surface area contributed by atoms with Crippen LogP contribution in [0.15, 0.2) is 24.3 Å². The first-order valence-electron chi connectivity index (χ1n) is 6.92. The maximum absolute atomic E-state index is 12.0. The van der Waals surface area contributed by atoms with Crippen LogP contribution in [-0.4, -0.2) is 38.8 Å². The molecule has 1 aromatic rings. The first-order chi connectivity index (χ1) is 10.3. The lowest BCUT2D eigenvalue weighted by Crippen LogP contribution is -2.40. The van der Waals surface area contributed by atoms with Crippen LogP contribution in [-0.2, 0) is 11.3 Å². The van der Waals surface area contributed by atoms with Crippen molar-refractivity contribution >= 4 is 5.91 Å². The lowest BCUT2D eigenvalue weighted by atomic mass is 10.1. The summed E-state index contributed by atoms with van der Waals surface area (Å²) in [6.07, 6.45) is 3.80. The van der Waals surface area contributed by atoms with Crippen molar-refractivity contribution in [1.29, 1.82) is 0 Å². The number of fused-ring (bicyclic) bond motifs is 1. The molecule has 6 heteroatoms. The molecule has 1 aromatic carbocycles. The highest BCUT2D eigenvalue weighted by Crippen LogP contribution is 2.36. The highest BCUT2D eigenvalue weighted by Gasteiger charge is 2.19. The van der Waals surface area contributed by atoms with Crippen molar-refractivity contribution in [3.8, 4) is 17.2 Å². The molecular weight excluding hydrogens is 272 g/mol. The lowest BCUT2D eigenvalue weighted by Gasteiger charge is -2.21. The number of hydrogen-bond acceptors (Lipinski definition) is 5. The van der Waals surface area contributed by atoms with Gasteiger partial charge in [-0.15, -0.1) is 0 Å². The highest BCUT2D eigenvalue weighted by molar-refractivity contribution is 5.84. The largest absolute Gasteiger partial charge is 0.496 e. The number of carbonyl (C=O) groups is 1. The monoisotopic (exact) mass is 290 g/mol. The summed E-state index contributed by atoms with van der Waals surface area (Å²) >= 11 is 0. The number of amides is 1. The van der Waals surface area contributed by atoms with Crippen molar-refractivity contribution in [2.45, 2.75) is 12.6 Å². The predicted octanol–water partition coefficient (Wildman–Crippen LogP) is 0.611.